The summed E-state index contributed by atoms with van der Waals surface area (Å²) in [5.74, 6) is -5.42. The van der Waals surface area contributed by atoms with Crippen molar-refractivity contribution in [1.29, 1.82) is 0 Å². The second kappa shape index (κ2) is 8.14. The first-order chi connectivity index (χ1) is 11.5. The van der Waals surface area contributed by atoms with Crippen LogP contribution >= 0.6 is 0 Å². The Balaban J connectivity index is 2.13. The van der Waals surface area contributed by atoms with Crippen molar-refractivity contribution in [3.63, 3.8) is 0 Å². The maximum absolute atomic E-state index is 13.9. The molecule has 1 aromatic rings. The van der Waals surface area contributed by atoms with E-state index in [2.05, 4.69) is 5.32 Å². The fourth-order valence-electron chi connectivity index (χ4n) is 2.78. The summed E-state index contributed by atoms with van der Waals surface area (Å²) >= 11 is 0. The lowest BCUT2D eigenvalue weighted by Crippen LogP contribution is -2.49. The molecule has 24 heavy (non-hydrogen) atoms. The molecule has 132 valence electrons. The van der Waals surface area contributed by atoms with Crippen molar-refractivity contribution in [1.82, 2.24) is 10.2 Å². The van der Waals surface area contributed by atoms with Gasteiger partial charge in [0.15, 0.2) is 17.5 Å². The quantitative estimate of drug-likeness (QED) is 0.797. The third-order valence-corrected chi connectivity index (χ3v) is 4.06. The van der Waals surface area contributed by atoms with E-state index in [1.165, 1.54) is 4.90 Å². The molecule has 0 radical (unpaired) electrons. The molecule has 1 aliphatic rings. The van der Waals surface area contributed by atoms with Gasteiger partial charge < -0.3 is 16.0 Å². The summed E-state index contributed by atoms with van der Waals surface area (Å²) in [7, 11) is 0. The molecule has 2 amide bonds. The summed E-state index contributed by atoms with van der Waals surface area (Å²) in [6.07, 6.45) is 2.41. The summed E-state index contributed by atoms with van der Waals surface area (Å²) in [4.78, 5) is 25.5. The van der Waals surface area contributed by atoms with E-state index in [1.807, 2.05) is 0 Å². The number of benzene rings is 1. The van der Waals surface area contributed by atoms with Crippen LogP contribution in [0.1, 0.15) is 36.0 Å². The number of likely N-dealkylation sites (tertiary alicyclic amines) is 1. The molecular weight excluding hydrogens is 323 g/mol. The van der Waals surface area contributed by atoms with Crippen LogP contribution < -0.4 is 11.1 Å². The average molecular weight is 343 g/mol. The van der Waals surface area contributed by atoms with Gasteiger partial charge in [0.25, 0.3) is 5.91 Å². The van der Waals surface area contributed by atoms with Gasteiger partial charge in [0.05, 0.1) is 5.56 Å². The molecule has 0 aromatic heterocycles. The summed E-state index contributed by atoms with van der Waals surface area (Å²) in [6, 6.07) is 1.35. The van der Waals surface area contributed by atoms with E-state index >= 15 is 0 Å². The van der Waals surface area contributed by atoms with Crippen molar-refractivity contribution >= 4 is 11.8 Å². The molecule has 1 saturated heterocycles. The number of nitrogens with two attached hydrogens (primary N) is 1. The number of rotatable bonds is 5. The number of hydrogen-bond donors (Lipinski definition) is 2. The van der Waals surface area contributed by atoms with Gasteiger partial charge >= 0.3 is 0 Å². The SMILES string of the molecule is NCCC(=O)NCC1CCCCN1C(=O)c1ccc(F)c(F)c1F. The Morgan fingerprint density at radius 3 is 2.67 bits per heavy atom. The zero-order chi connectivity index (χ0) is 17.7. The van der Waals surface area contributed by atoms with Crippen molar-refractivity contribution in [3.8, 4) is 0 Å². The van der Waals surface area contributed by atoms with Crippen LogP contribution in [-0.2, 0) is 4.79 Å². The summed E-state index contributed by atoms with van der Waals surface area (Å²) in [5.41, 5.74) is 4.79. The zero-order valence-electron chi connectivity index (χ0n) is 13.2. The molecule has 8 heteroatoms. The van der Waals surface area contributed by atoms with Crippen molar-refractivity contribution in [2.24, 2.45) is 5.73 Å². The van der Waals surface area contributed by atoms with Gasteiger partial charge in [-0.1, -0.05) is 0 Å². The number of nitrogens with one attached hydrogen (secondary N) is 1. The Kier molecular flexibility index (Phi) is 6.19. The Morgan fingerprint density at radius 2 is 1.96 bits per heavy atom. The molecule has 1 fully saturated rings. The first kappa shape index (κ1) is 18.3. The van der Waals surface area contributed by atoms with E-state index < -0.39 is 28.9 Å². The van der Waals surface area contributed by atoms with E-state index in [4.69, 9.17) is 5.73 Å². The lowest BCUT2D eigenvalue weighted by atomic mass is 10.00. The smallest absolute Gasteiger partial charge is 0.257 e. The van der Waals surface area contributed by atoms with E-state index in [0.29, 0.717) is 13.0 Å². The standard InChI is InChI=1S/C16H20F3N3O2/c17-12-5-4-11(14(18)15(12)19)16(24)22-8-2-1-3-10(22)9-21-13(23)6-7-20/h4-5,10H,1-3,6-9,20H2,(H,21,23). The third kappa shape index (κ3) is 4.05. The van der Waals surface area contributed by atoms with Crippen LogP contribution in [0, 0.1) is 17.5 Å². The number of amides is 2. The van der Waals surface area contributed by atoms with Gasteiger partial charge in [-0.25, -0.2) is 13.2 Å². The number of nitrogens with zero attached hydrogens (tertiary/aromatic N) is 1. The van der Waals surface area contributed by atoms with E-state index in [-0.39, 0.29) is 31.5 Å². The predicted octanol–water partition coefficient (Wildman–Crippen LogP) is 1.56. The maximum atomic E-state index is 13.9. The third-order valence-electron chi connectivity index (χ3n) is 4.06. The van der Waals surface area contributed by atoms with E-state index in [9.17, 15) is 22.8 Å². The van der Waals surface area contributed by atoms with Crippen LogP contribution in [-0.4, -0.2) is 42.4 Å². The molecule has 1 atom stereocenters. The molecule has 1 unspecified atom stereocenters. The van der Waals surface area contributed by atoms with Gasteiger partial charge in [-0.3, -0.25) is 9.59 Å². The molecule has 3 N–H and O–H groups in total. The van der Waals surface area contributed by atoms with Gasteiger partial charge in [-0.15, -0.1) is 0 Å². The van der Waals surface area contributed by atoms with Gasteiger partial charge in [-0.05, 0) is 31.4 Å². The monoisotopic (exact) mass is 343 g/mol. The lowest BCUT2D eigenvalue weighted by Gasteiger charge is -2.36. The van der Waals surface area contributed by atoms with Gasteiger partial charge in [0.2, 0.25) is 5.91 Å². The largest absolute Gasteiger partial charge is 0.354 e. The van der Waals surface area contributed by atoms with Gasteiger partial charge in [0, 0.05) is 32.1 Å². The van der Waals surface area contributed by atoms with E-state index in [1.54, 1.807) is 0 Å². The summed E-state index contributed by atoms with van der Waals surface area (Å²) in [6.45, 7) is 0.809. The number of carbonyl (C=O) groups excluding carboxylic acids is 2. The highest BCUT2D eigenvalue weighted by atomic mass is 19.2. The fraction of sp³-hybridized carbons (Fsp3) is 0.500. The molecule has 1 aliphatic heterocycles. The molecular formula is C16H20F3N3O2. The first-order valence-corrected chi connectivity index (χ1v) is 7.87. The maximum Gasteiger partial charge on any atom is 0.257 e. The average Bonchev–Trinajstić information content (AvgIpc) is 2.58. The van der Waals surface area contributed by atoms with Crippen molar-refractivity contribution in [2.45, 2.75) is 31.7 Å². The summed E-state index contributed by atoms with van der Waals surface area (Å²) in [5, 5.41) is 2.68. The minimum absolute atomic E-state index is 0.179. The summed E-state index contributed by atoms with van der Waals surface area (Å²) < 4.78 is 40.3. The fourth-order valence-corrected chi connectivity index (χ4v) is 2.78. The molecule has 1 aromatic carbocycles. The Hall–Kier alpha value is -2.09. The minimum Gasteiger partial charge on any atom is -0.354 e. The molecule has 0 spiro atoms. The molecule has 2 rings (SSSR count). The number of carbonyl (C=O) groups is 2. The number of hydrogen-bond acceptors (Lipinski definition) is 3. The number of piperidine rings is 1. The van der Waals surface area contributed by atoms with Gasteiger partial charge in [0.1, 0.15) is 0 Å². The molecule has 5 nitrogen and oxygen atoms in total. The van der Waals surface area contributed by atoms with Crippen molar-refractivity contribution in [3.05, 3.63) is 35.1 Å². The molecule has 1 heterocycles. The second-order valence-corrected chi connectivity index (χ2v) is 5.71. The Morgan fingerprint density at radius 1 is 1.21 bits per heavy atom. The second-order valence-electron chi connectivity index (χ2n) is 5.71. The minimum atomic E-state index is -1.66. The topological polar surface area (TPSA) is 75.4 Å². The highest BCUT2D eigenvalue weighted by molar-refractivity contribution is 5.94. The highest BCUT2D eigenvalue weighted by Crippen LogP contribution is 2.22. The molecule has 0 saturated carbocycles. The van der Waals surface area contributed by atoms with Crippen LogP contribution in [0.4, 0.5) is 13.2 Å². The van der Waals surface area contributed by atoms with Crippen LogP contribution in [0.2, 0.25) is 0 Å². The number of halogens is 3. The van der Waals surface area contributed by atoms with Crippen molar-refractivity contribution < 1.29 is 22.8 Å². The van der Waals surface area contributed by atoms with Gasteiger partial charge in [-0.2, -0.15) is 0 Å². The Labute approximate surface area is 138 Å². The lowest BCUT2D eigenvalue weighted by molar-refractivity contribution is -0.121. The Bertz CT molecular complexity index is 625. The highest BCUT2D eigenvalue weighted by Gasteiger charge is 2.30. The van der Waals surface area contributed by atoms with E-state index in [0.717, 1.165) is 25.0 Å². The predicted molar refractivity (Wildman–Crippen MR) is 81.7 cm³/mol. The molecule has 0 bridgehead atoms. The zero-order valence-corrected chi connectivity index (χ0v) is 13.2. The normalized spacial score (nSPS) is 17.7. The van der Waals surface area contributed by atoms with Crippen molar-refractivity contribution in [2.75, 3.05) is 19.6 Å². The molecule has 0 aliphatic carbocycles. The van der Waals surface area contributed by atoms with Crippen LogP contribution in [0.15, 0.2) is 12.1 Å². The van der Waals surface area contributed by atoms with Crippen LogP contribution in [0.3, 0.4) is 0 Å². The van der Waals surface area contributed by atoms with Crippen LogP contribution in [0.5, 0.6) is 0 Å². The van der Waals surface area contributed by atoms with Crippen LogP contribution in [0.25, 0.3) is 0 Å². The first-order valence-electron chi connectivity index (χ1n) is 7.87.